The molecule has 11 heteroatoms. The van der Waals surface area contributed by atoms with Gasteiger partial charge in [0.1, 0.15) is 6.04 Å². The molecule has 2 aromatic heterocycles. The minimum absolute atomic E-state index is 0.0179. The average Bonchev–Trinajstić information content (AvgIpc) is 3.62. The summed E-state index contributed by atoms with van der Waals surface area (Å²) in [4.78, 5) is 53.4. The Labute approximate surface area is 206 Å². The fraction of sp³-hybridized carbons (Fsp3) is 0.360. The van der Waals surface area contributed by atoms with Gasteiger partial charge in [-0.2, -0.15) is 0 Å². The Morgan fingerprint density at radius 3 is 2.83 bits per heavy atom. The van der Waals surface area contributed by atoms with E-state index in [9.17, 15) is 19.2 Å². The van der Waals surface area contributed by atoms with Crippen LogP contribution in [0.15, 0.2) is 42.7 Å². The van der Waals surface area contributed by atoms with Gasteiger partial charge in [-0.1, -0.05) is 12.1 Å². The van der Waals surface area contributed by atoms with E-state index in [1.54, 1.807) is 18.3 Å². The number of carbonyl (C=O) groups excluding carboxylic acids is 4. The normalized spacial score (nSPS) is 21.4. The van der Waals surface area contributed by atoms with Crippen LogP contribution >= 0.6 is 0 Å². The van der Waals surface area contributed by atoms with E-state index in [-0.39, 0.29) is 42.4 Å². The predicted octanol–water partition coefficient (Wildman–Crippen LogP) is 1.44. The molecule has 0 saturated carbocycles. The summed E-state index contributed by atoms with van der Waals surface area (Å²) < 4.78 is 3.71. The van der Waals surface area contributed by atoms with E-state index in [1.807, 2.05) is 29.3 Å². The number of hydrogen-bond donors (Lipinski definition) is 1. The highest BCUT2D eigenvalue weighted by Gasteiger charge is 2.39. The first kappa shape index (κ1) is 22.2. The van der Waals surface area contributed by atoms with E-state index < -0.39 is 11.9 Å². The van der Waals surface area contributed by atoms with Crippen LogP contribution in [0, 0.1) is 0 Å². The first-order valence-corrected chi connectivity index (χ1v) is 12.1. The van der Waals surface area contributed by atoms with Gasteiger partial charge >= 0.3 is 0 Å². The van der Waals surface area contributed by atoms with Crippen molar-refractivity contribution in [2.45, 2.75) is 51.4 Å². The number of benzene rings is 1. The Balaban J connectivity index is 1.22. The zero-order chi connectivity index (χ0) is 25.0. The number of piperidine rings is 1. The van der Waals surface area contributed by atoms with Crippen LogP contribution in [-0.2, 0) is 22.7 Å². The van der Waals surface area contributed by atoms with E-state index in [0.29, 0.717) is 24.2 Å². The molecule has 2 atom stereocenters. The SMILES string of the molecule is CCC1c2cccn2CCN1C(=O)c1cn(-c2ccc3c(c2)CN(C2CCC(=O)NC2=O)C3=O)nn1. The van der Waals surface area contributed by atoms with Crippen molar-refractivity contribution in [2.75, 3.05) is 6.54 Å². The number of aromatic nitrogens is 4. The molecule has 3 aliphatic rings. The van der Waals surface area contributed by atoms with Crippen LogP contribution in [0.2, 0.25) is 0 Å². The lowest BCUT2D eigenvalue weighted by Crippen LogP contribution is -2.52. The molecule has 6 rings (SSSR count). The van der Waals surface area contributed by atoms with Crippen molar-refractivity contribution in [1.82, 2.24) is 34.7 Å². The van der Waals surface area contributed by atoms with Gasteiger partial charge in [-0.15, -0.1) is 5.10 Å². The summed E-state index contributed by atoms with van der Waals surface area (Å²) in [5.41, 5.74) is 3.32. The van der Waals surface area contributed by atoms with Gasteiger partial charge in [0.25, 0.3) is 11.8 Å². The molecule has 1 aromatic carbocycles. The molecule has 184 valence electrons. The van der Waals surface area contributed by atoms with Crippen LogP contribution in [0.25, 0.3) is 5.69 Å². The topological polar surface area (TPSA) is 122 Å². The molecule has 5 heterocycles. The number of rotatable bonds is 4. The summed E-state index contributed by atoms with van der Waals surface area (Å²) >= 11 is 0. The second kappa shape index (κ2) is 8.43. The summed E-state index contributed by atoms with van der Waals surface area (Å²) in [5, 5.41) is 10.6. The van der Waals surface area contributed by atoms with Crippen molar-refractivity contribution >= 4 is 23.6 Å². The number of carbonyl (C=O) groups is 4. The molecule has 0 spiro atoms. The fourth-order valence-electron chi connectivity index (χ4n) is 5.48. The molecule has 4 amide bonds. The smallest absolute Gasteiger partial charge is 0.276 e. The van der Waals surface area contributed by atoms with Gasteiger partial charge in [-0.25, -0.2) is 4.68 Å². The van der Waals surface area contributed by atoms with Crippen molar-refractivity contribution in [1.29, 1.82) is 0 Å². The molecule has 3 aliphatic heterocycles. The Hall–Kier alpha value is -4.28. The molecule has 2 unspecified atom stereocenters. The largest absolute Gasteiger partial charge is 0.348 e. The lowest BCUT2D eigenvalue weighted by Gasteiger charge is -2.36. The summed E-state index contributed by atoms with van der Waals surface area (Å²) in [6, 6.07) is 8.64. The summed E-state index contributed by atoms with van der Waals surface area (Å²) in [6.45, 7) is 3.67. The van der Waals surface area contributed by atoms with Gasteiger partial charge in [0, 0.05) is 43.5 Å². The number of hydrogen-bond acceptors (Lipinski definition) is 6. The van der Waals surface area contributed by atoms with E-state index in [1.165, 1.54) is 9.58 Å². The minimum Gasteiger partial charge on any atom is -0.348 e. The average molecular weight is 488 g/mol. The summed E-state index contributed by atoms with van der Waals surface area (Å²) in [7, 11) is 0. The van der Waals surface area contributed by atoms with E-state index in [4.69, 9.17) is 0 Å². The molecule has 3 aromatic rings. The van der Waals surface area contributed by atoms with Crippen molar-refractivity contribution in [2.24, 2.45) is 0 Å². The molecule has 36 heavy (non-hydrogen) atoms. The second-order valence-electron chi connectivity index (χ2n) is 9.34. The predicted molar refractivity (Wildman–Crippen MR) is 126 cm³/mol. The zero-order valence-corrected chi connectivity index (χ0v) is 19.8. The standard InChI is InChI=1S/C25H25N7O4/c1-2-19-20-4-3-9-29(20)10-11-30(19)25(36)18-14-32(28-27-18)16-5-6-17-15(12-16)13-31(24(17)35)21-7-8-22(33)26-23(21)34/h3-6,9,12,14,19,21H,2,7-8,10-11,13H2,1H3,(H,26,33,34). The Morgan fingerprint density at radius 1 is 1.17 bits per heavy atom. The Bertz CT molecular complexity index is 1410. The van der Waals surface area contributed by atoms with Gasteiger partial charge in [0.15, 0.2) is 5.69 Å². The Kier molecular flexibility index (Phi) is 5.20. The molecule has 11 nitrogen and oxygen atoms in total. The minimum atomic E-state index is -0.668. The second-order valence-corrected chi connectivity index (χ2v) is 9.34. The fourth-order valence-corrected chi connectivity index (χ4v) is 5.48. The maximum absolute atomic E-state index is 13.3. The van der Waals surface area contributed by atoms with Gasteiger partial charge < -0.3 is 14.4 Å². The highest BCUT2D eigenvalue weighted by molar-refractivity contribution is 6.05. The third-order valence-electron chi connectivity index (χ3n) is 7.30. The van der Waals surface area contributed by atoms with Gasteiger partial charge in [0.05, 0.1) is 17.9 Å². The van der Waals surface area contributed by atoms with Crippen LogP contribution in [0.3, 0.4) is 0 Å². The first-order valence-electron chi connectivity index (χ1n) is 12.1. The van der Waals surface area contributed by atoms with Crippen molar-refractivity contribution in [3.05, 3.63) is 65.2 Å². The highest BCUT2D eigenvalue weighted by Crippen LogP contribution is 2.31. The van der Waals surface area contributed by atoms with Crippen LogP contribution in [0.5, 0.6) is 0 Å². The van der Waals surface area contributed by atoms with Crippen LogP contribution < -0.4 is 5.32 Å². The van der Waals surface area contributed by atoms with Crippen LogP contribution in [0.1, 0.15) is 64.3 Å². The number of fused-ring (bicyclic) bond motifs is 2. The monoisotopic (exact) mass is 487 g/mol. The summed E-state index contributed by atoms with van der Waals surface area (Å²) in [5.74, 6) is -1.16. The molecular formula is C25H25N7O4. The molecule has 0 radical (unpaired) electrons. The molecule has 1 N–H and O–H groups in total. The summed E-state index contributed by atoms with van der Waals surface area (Å²) in [6.07, 6.45) is 4.96. The highest BCUT2D eigenvalue weighted by atomic mass is 16.2. The van der Waals surface area contributed by atoms with Gasteiger partial charge in [-0.05, 0) is 48.7 Å². The van der Waals surface area contributed by atoms with Crippen molar-refractivity contribution in [3.8, 4) is 5.69 Å². The molecule has 0 aliphatic carbocycles. The van der Waals surface area contributed by atoms with Gasteiger partial charge in [-0.3, -0.25) is 24.5 Å². The third kappa shape index (κ3) is 3.50. The van der Waals surface area contributed by atoms with Crippen molar-refractivity contribution in [3.63, 3.8) is 0 Å². The Morgan fingerprint density at radius 2 is 2.03 bits per heavy atom. The molecule has 1 saturated heterocycles. The van der Waals surface area contributed by atoms with E-state index >= 15 is 0 Å². The van der Waals surface area contributed by atoms with Crippen LogP contribution in [-0.4, -0.2) is 65.6 Å². The lowest BCUT2D eigenvalue weighted by molar-refractivity contribution is -0.136. The maximum atomic E-state index is 13.3. The first-order chi connectivity index (χ1) is 17.4. The molecule has 1 fully saturated rings. The third-order valence-corrected chi connectivity index (χ3v) is 7.30. The van der Waals surface area contributed by atoms with E-state index in [2.05, 4.69) is 27.1 Å². The number of nitrogens with zero attached hydrogens (tertiary/aromatic N) is 6. The number of amides is 4. The lowest BCUT2D eigenvalue weighted by atomic mass is 10.0. The zero-order valence-electron chi connectivity index (χ0n) is 19.8. The van der Waals surface area contributed by atoms with Gasteiger partial charge in [0.2, 0.25) is 11.8 Å². The van der Waals surface area contributed by atoms with Crippen LogP contribution in [0.4, 0.5) is 0 Å². The number of imide groups is 1. The number of nitrogens with one attached hydrogen (secondary N) is 1. The molecule has 0 bridgehead atoms. The quantitative estimate of drug-likeness (QED) is 0.556. The maximum Gasteiger partial charge on any atom is 0.276 e. The molecular weight excluding hydrogens is 462 g/mol. The van der Waals surface area contributed by atoms with E-state index in [0.717, 1.165) is 24.2 Å². The van der Waals surface area contributed by atoms with Crippen molar-refractivity contribution < 1.29 is 19.2 Å².